The Balaban J connectivity index is 1.70. The maximum atomic E-state index is 14.7. The molecule has 0 aliphatic heterocycles. The number of benzene rings is 3. The Labute approximate surface area is 240 Å². The van der Waals surface area contributed by atoms with E-state index in [2.05, 4.69) is 5.32 Å². The van der Waals surface area contributed by atoms with Gasteiger partial charge in [0.05, 0.1) is 10.6 Å². The van der Waals surface area contributed by atoms with Gasteiger partial charge in [-0.05, 0) is 68.7 Å². The highest BCUT2D eigenvalue weighted by molar-refractivity contribution is 7.92. The first kappa shape index (κ1) is 29.6. The van der Waals surface area contributed by atoms with Gasteiger partial charge >= 0.3 is 0 Å². The molecule has 3 aromatic rings. The minimum Gasteiger partial charge on any atom is -0.352 e. The van der Waals surface area contributed by atoms with Gasteiger partial charge in [0, 0.05) is 23.2 Å². The Morgan fingerprint density at radius 1 is 1.00 bits per heavy atom. The first-order chi connectivity index (χ1) is 19.1. The standard InChI is InChI=1S/C30H33ClFN3O4S/c1-21-9-3-8-14-28(21)35(40(38,39)26-17-15-24(31)16-18-26)20-29(36)34(19-23-10-4-7-13-27(23)32)22(2)30(37)33-25-11-5-6-12-25/h3-4,7-10,13-18,22,25H,5-6,11-12,19-20H2,1-2H3,(H,33,37)/t22-/m1/s1. The van der Waals surface area contributed by atoms with Gasteiger partial charge in [-0.2, -0.15) is 0 Å². The fourth-order valence-corrected chi connectivity index (χ4v) is 6.48. The monoisotopic (exact) mass is 585 g/mol. The van der Waals surface area contributed by atoms with Gasteiger partial charge in [-0.3, -0.25) is 13.9 Å². The van der Waals surface area contributed by atoms with Crippen molar-refractivity contribution in [2.24, 2.45) is 0 Å². The zero-order chi connectivity index (χ0) is 28.9. The Morgan fingerprint density at radius 2 is 1.62 bits per heavy atom. The Hall–Kier alpha value is -3.43. The summed E-state index contributed by atoms with van der Waals surface area (Å²) in [6, 6.07) is 17.6. The smallest absolute Gasteiger partial charge is 0.264 e. The number of sulfonamides is 1. The number of amides is 2. The van der Waals surface area contributed by atoms with Crippen molar-refractivity contribution in [1.82, 2.24) is 10.2 Å². The van der Waals surface area contributed by atoms with Crippen LogP contribution >= 0.6 is 11.6 Å². The molecule has 212 valence electrons. The number of carbonyl (C=O) groups is 2. The van der Waals surface area contributed by atoms with Crippen LogP contribution in [0.1, 0.15) is 43.7 Å². The molecule has 0 radical (unpaired) electrons. The van der Waals surface area contributed by atoms with E-state index in [1.807, 2.05) is 0 Å². The summed E-state index contributed by atoms with van der Waals surface area (Å²) < 4.78 is 43.5. The van der Waals surface area contributed by atoms with E-state index in [4.69, 9.17) is 11.6 Å². The molecule has 0 aromatic heterocycles. The molecule has 1 saturated carbocycles. The van der Waals surface area contributed by atoms with Crippen LogP contribution in [-0.4, -0.2) is 43.8 Å². The van der Waals surface area contributed by atoms with Gasteiger partial charge in [0.2, 0.25) is 11.8 Å². The molecule has 3 aromatic carbocycles. The lowest BCUT2D eigenvalue weighted by Crippen LogP contribution is -2.52. The van der Waals surface area contributed by atoms with Crippen LogP contribution in [0.4, 0.5) is 10.1 Å². The van der Waals surface area contributed by atoms with Gasteiger partial charge in [0.15, 0.2) is 0 Å². The van der Waals surface area contributed by atoms with Gasteiger partial charge in [-0.15, -0.1) is 0 Å². The second-order valence-corrected chi connectivity index (χ2v) is 12.3. The van der Waals surface area contributed by atoms with Crippen molar-refractivity contribution in [3.8, 4) is 0 Å². The van der Waals surface area contributed by atoms with Crippen molar-refractivity contribution >= 4 is 39.1 Å². The maximum Gasteiger partial charge on any atom is 0.264 e. The van der Waals surface area contributed by atoms with Crippen LogP contribution in [0.2, 0.25) is 5.02 Å². The lowest BCUT2D eigenvalue weighted by atomic mass is 10.1. The molecular formula is C30H33ClFN3O4S. The van der Waals surface area contributed by atoms with Gasteiger partial charge in [-0.1, -0.05) is 60.8 Å². The molecule has 0 saturated heterocycles. The fourth-order valence-electron chi connectivity index (χ4n) is 4.88. The Bertz CT molecular complexity index is 1460. The lowest BCUT2D eigenvalue weighted by molar-refractivity contribution is -0.139. The first-order valence-corrected chi connectivity index (χ1v) is 15.1. The maximum absolute atomic E-state index is 14.7. The Morgan fingerprint density at radius 3 is 2.27 bits per heavy atom. The zero-order valence-corrected chi connectivity index (χ0v) is 24.1. The van der Waals surface area contributed by atoms with Crippen molar-refractivity contribution in [1.29, 1.82) is 0 Å². The highest BCUT2D eigenvalue weighted by atomic mass is 35.5. The number of hydrogen-bond donors (Lipinski definition) is 1. The lowest BCUT2D eigenvalue weighted by Gasteiger charge is -2.33. The number of carbonyl (C=O) groups excluding carboxylic acids is 2. The average molecular weight is 586 g/mol. The second kappa shape index (κ2) is 12.8. The topological polar surface area (TPSA) is 86.8 Å². The number of nitrogens with zero attached hydrogens (tertiary/aromatic N) is 2. The molecule has 0 unspecified atom stereocenters. The Kier molecular flexibility index (Phi) is 9.48. The minimum atomic E-state index is -4.22. The summed E-state index contributed by atoms with van der Waals surface area (Å²) in [5, 5.41) is 3.37. The van der Waals surface area contributed by atoms with E-state index in [9.17, 15) is 22.4 Å². The molecule has 4 rings (SSSR count). The molecule has 10 heteroatoms. The zero-order valence-electron chi connectivity index (χ0n) is 22.5. The largest absolute Gasteiger partial charge is 0.352 e. The van der Waals surface area contributed by atoms with Crippen molar-refractivity contribution in [2.45, 2.75) is 63.1 Å². The number of nitrogens with one attached hydrogen (secondary N) is 1. The molecule has 2 amide bonds. The molecule has 1 aliphatic carbocycles. The summed E-state index contributed by atoms with van der Waals surface area (Å²) in [6.45, 7) is 2.53. The van der Waals surface area contributed by atoms with Crippen molar-refractivity contribution < 1.29 is 22.4 Å². The van der Waals surface area contributed by atoms with Gasteiger partial charge in [-0.25, -0.2) is 12.8 Å². The van der Waals surface area contributed by atoms with Crippen molar-refractivity contribution in [2.75, 3.05) is 10.8 Å². The molecule has 1 aliphatic rings. The van der Waals surface area contributed by atoms with E-state index in [-0.39, 0.29) is 29.0 Å². The summed E-state index contributed by atoms with van der Waals surface area (Å²) in [5.74, 6) is -1.52. The normalized spacial score (nSPS) is 14.5. The molecule has 0 heterocycles. The van der Waals surface area contributed by atoms with Crippen LogP contribution < -0.4 is 9.62 Å². The molecule has 7 nitrogen and oxygen atoms in total. The van der Waals surface area contributed by atoms with Gasteiger partial charge in [0.25, 0.3) is 10.0 Å². The van der Waals surface area contributed by atoms with Crippen LogP contribution in [0.25, 0.3) is 0 Å². The molecule has 1 fully saturated rings. The van der Waals surface area contributed by atoms with Crippen LogP contribution in [0, 0.1) is 12.7 Å². The molecule has 1 N–H and O–H groups in total. The van der Waals surface area contributed by atoms with Crippen LogP contribution in [0.15, 0.2) is 77.7 Å². The van der Waals surface area contributed by atoms with Crippen LogP contribution in [-0.2, 0) is 26.2 Å². The molecular weight excluding hydrogens is 553 g/mol. The highest BCUT2D eigenvalue weighted by Crippen LogP contribution is 2.28. The summed E-state index contributed by atoms with van der Waals surface area (Å²) >= 11 is 5.99. The molecule has 0 bridgehead atoms. The quantitative estimate of drug-likeness (QED) is 0.342. The van der Waals surface area contributed by atoms with E-state index in [0.717, 1.165) is 30.0 Å². The third kappa shape index (κ3) is 6.82. The second-order valence-electron chi connectivity index (χ2n) is 10.0. The van der Waals surface area contributed by atoms with Crippen LogP contribution in [0.3, 0.4) is 0 Å². The van der Waals surface area contributed by atoms with Gasteiger partial charge < -0.3 is 10.2 Å². The third-order valence-corrected chi connectivity index (χ3v) is 9.26. The molecule has 40 heavy (non-hydrogen) atoms. The number of rotatable bonds is 10. The molecule has 1 atom stereocenters. The number of halogens is 2. The number of anilines is 1. The summed E-state index contributed by atoms with van der Waals surface area (Å²) in [4.78, 5) is 28.4. The number of hydrogen-bond acceptors (Lipinski definition) is 4. The number of aryl methyl sites for hydroxylation is 1. The third-order valence-electron chi connectivity index (χ3n) is 7.23. The summed E-state index contributed by atoms with van der Waals surface area (Å²) in [5.41, 5.74) is 1.18. The van der Waals surface area contributed by atoms with E-state index in [1.165, 1.54) is 35.2 Å². The predicted molar refractivity (Wildman–Crippen MR) is 154 cm³/mol. The van der Waals surface area contributed by atoms with Crippen molar-refractivity contribution in [3.63, 3.8) is 0 Å². The average Bonchev–Trinajstić information content (AvgIpc) is 3.44. The van der Waals surface area contributed by atoms with Crippen molar-refractivity contribution in [3.05, 3.63) is 94.8 Å². The van der Waals surface area contributed by atoms with E-state index in [0.29, 0.717) is 16.3 Å². The van der Waals surface area contributed by atoms with Crippen LogP contribution in [0.5, 0.6) is 0 Å². The van der Waals surface area contributed by atoms with E-state index < -0.39 is 34.3 Å². The highest BCUT2D eigenvalue weighted by Gasteiger charge is 2.34. The minimum absolute atomic E-state index is 0.0223. The summed E-state index contributed by atoms with van der Waals surface area (Å²) in [7, 11) is -4.22. The first-order valence-electron chi connectivity index (χ1n) is 13.2. The van der Waals surface area contributed by atoms with Gasteiger partial charge in [0.1, 0.15) is 18.4 Å². The van der Waals surface area contributed by atoms with E-state index >= 15 is 0 Å². The van der Waals surface area contributed by atoms with E-state index in [1.54, 1.807) is 56.3 Å². The fraction of sp³-hybridized carbons (Fsp3) is 0.333. The summed E-state index contributed by atoms with van der Waals surface area (Å²) in [6.07, 6.45) is 3.76. The molecule has 0 spiro atoms. The number of para-hydroxylation sites is 1. The predicted octanol–water partition coefficient (Wildman–Crippen LogP) is 5.46. The SMILES string of the molecule is Cc1ccccc1N(CC(=O)N(Cc1ccccc1F)[C@H](C)C(=O)NC1CCCC1)S(=O)(=O)c1ccc(Cl)cc1.